The normalized spacial score (nSPS) is 15.0. The summed E-state index contributed by atoms with van der Waals surface area (Å²) in [7, 11) is 1.58. The number of H-pyrrole nitrogens is 1. The first-order chi connectivity index (χ1) is 16.0. The Balaban J connectivity index is 1.71. The second kappa shape index (κ2) is 10.1. The quantitative estimate of drug-likeness (QED) is 0.372. The number of nitrogens with one attached hydrogen (secondary N) is 2. The molecular formula is C25H27N3O4S. The number of carbonyl (C=O) groups is 1. The predicted octanol–water partition coefficient (Wildman–Crippen LogP) is 4.64. The Bertz CT molecular complexity index is 1220. The number of rotatable bonds is 8. The first kappa shape index (κ1) is 22.9. The Morgan fingerprint density at radius 3 is 2.73 bits per heavy atom. The van der Waals surface area contributed by atoms with E-state index in [0.717, 1.165) is 12.0 Å². The SMILES string of the molecule is CCCOc1c(OC)cccc1[C@H]1CC(=O)Nc2nc(SCc3ccccc3C)[nH]c(=O)c21. The molecule has 0 saturated heterocycles. The summed E-state index contributed by atoms with van der Waals surface area (Å²) >= 11 is 1.43. The molecule has 1 aliphatic heterocycles. The Hall–Kier alpha value is -3.26. The summed E-state index contributed by atoms with van der Waals surface area (Å²) in [5, 5.41) is 3.25. The minimum atomic E-state index is -0.484. The molecule has 1 amide bonds. The van der Waals surface area contributed by atoms with Crippen molar-refractivity contribution in [2.75, 3.05) is 19.0 Å². The van der Waals surface area contributed by atoms with Crippen LogP contribution >= 0.6 is 11.8 Å². The molecule has 2 N–H and O–H groups in total. The van der Waals surface area contributed by atoms with E-state index < -0.39 is 5.92 Å². The number of benzene rings is 2. The summed E-state index contributed by atoms with van der Waals surface area (Å²) in [6.45, 7) is 4.57. The highest BCUT2D eigenvalue weighted by atomic mass is 32.2. The van der Waals surface area contributed by atoms with Crippen LogP contribution in [-0.2, 0) is 10.5 Å². The van der Waals surface area contributed by atoms with Crippen molar-refractivity contribution in [3.8, 4) is 11.5 Å². The highest BCUT2D eigenvalue weighted by Crippen LogP contribution is 2.42. The highest BCUT2D eigenvalue weighted by molar-refractivity contribution is 7.98. The number of nitrogens with zero attached hydrogens (tertiary/aromatic N) is 1. The number of aromatic nitrogens is 2. The van der Waals surface area contributed by atoms with E-state index in [1.165, 1.54) is 22.9 Å². The van der Waals surface area contributed by atoms with Crippen molar-refractivity contribution in [1.82, 2.24) is 9.97 Å². The lowest BCUT2D eigenvalue weighted by atomic mass is 9.86. The third kappa shape index (κ3) is 4.90. The first-order valence-corrected chi connectivity index (χ1v) is 11.9. The van der Waals surface area contributed by atoms with Crippen molar-refractivity contribution in [1.29, 1.82) is 0 Å². The third-order valence-electron chi connectivity index (χ3n) is 5.61. The van der Waals surface area contributed by atoms with Crippen LogP contribution in [0.4, 0.5) is 5.82 Å². The molecule has 1 aromatic heterocycles. The van der Waals surface area contributed by atoms with Crippen molar-refractivity contribution in [2.24, 2.45) is 0 Å². The van der Waals surface area contributed by atoms with Gasteiger partial charge in [0.05, 0.1) is 19.3 Å². The van der Waals surface area contributed by atoms with E-state index in [1.807, 2.05) is 37.3 Å². The predicted molar refractivity (Wildman–Crippen MR) is 129 cm³/mol. The van der Waals surface area contributed by atoms with Crippen LogP contribution in [0.5, 0.6) is 11.5 Å². The van der Waals surface area contributed by atoms with E-state index in [4.69, 9.17) is 9.47 Å². The van der Waals surface area contributed by atoms with Crippen molar-refractivity contribution in [2.45, 2.75) is 43.5 Å². The largest absolute Gasteiger partial charge is 0.493 e. The van der Waals surface area contributed by atoms with Gasteiger partial charge in [0, 0.05) is 23.7 Å². The fourth-order valence-electron chi connectivity index (χ4n) is 3.93. The van der Waals surface area contributed by atoms with Gasteiger partial charge in [0.15, 0.2) is 16.7 Å². The molecule has 1 aliphatic rings. The number of aromatic amines is 1. The van der Waals surface area contributed by atoms with Gasteiger partial charge in [0.25, 0.3) is 5.56 Å². The standard InChI is InChI=1S/C25H27N3O4S/c1-4-12-32-22-17(10-7-11-19(22)31-3)18-13-20(29)26-23-21(18)24(30)28-25(27-23)33-14-16-9-6-5-8-15(16)2/h5-11,18H,4,12-14H2,1-3H3,(H2,26,27,28,29,30)/t18-/m1/s1. The van der Waals surface area contributed by atoms with Crippen LogP contribution in [0, 0.1) is 6.92 Å². The first-order valence-electron chi connectivity index (χ1n) is 10.9. The molecular weight excluding hydrogens is 438 g/mol. The summed E-state index contributed by atoms with van der Waals surface area (Å²) < 4.78 is 11.5. The topological polar surface area (TPSA) is 93.3 Å². The monoisotopic (exact) mass is 465 g/mol. The van der Waals surface area contributed by atoms with Crippen LogP contribution in [0.3, 0.4) is 0 Å². The van der Waals surface area contributed by atoms with Crippen LogP contribution in [0.2, 0.25) is 0 Å². The molecule has 172 valence electrons. The second-order valence-electron chi connectivity index (χ2n) is 7.88. The molecule has 0 unspecified atom stereocenters. The van der Waals surface area contributed by atoms with Crippen LogP contribution in [0.25, 0.3) is 0 Å². The average molecular weight is 466 g/mol. The van der Waals surface area contributed by atoms with E-state index in [1.54, 1.807) is 7.11 Å². The van der Waals surface area contributed by atoms with E-state index in [2.05, 4.69) is 34.3 Å². The number of hydrogen-bond acceptors (Lipinski definition) is 6. The maximum absolute atomic E-state index is 13.2. The number of methoxy groups -OCH3 is 1. The third-order valence-corrected chi connectivity index (χ3v) is 6.53. The van der Waals surface area contributed by atoms with Gasteiger partial charge in [-0.15, -0.1) is 0 Å². The number of para-hydroxylation sites is 1. The number of ether oxygens (including phenoxy) is 2. The van der Waals surface area contributed by atoms with Gasteiger partial charge in [-0.2, -0.15) is 0 Å². The van der Waals surface area contributed by atoms with Crippen molar-refractivity contribution in [3.05, 3.63) is 75.1 Å². The van der Waals surface area contributed by atoms with Crippen molar-refractivity contribution < 1.29 is 14.3 Å². The maximum Gasteiger partial charge on any atom is 0.257 e. The zero-order valence-electron chi connectivity index (χ0n) is 18.9. The van der Waals surface area contributed by atoms with Gasteiger partial charge in [-0.3, -0.25) is 9.59 Å². The Morgan fingerprint density at radius 1 is 1.15 bits per heavy atom. The summed E-state index contributed by atoms with van der Waals surface area (Å²) in [5.74, 6) is 1.42. The summed E-state index contributed by atoms with van der Waals surface area (Å²) in [6, 6.07) is 13.6. The van der Waals surface area contributed by atoms with Gasteiger partial charge in [-0.1, -0.05) is 55.1 Å². The molecule has 8 heteroatoms. The Labute approximate surface area is 196 Å². The molecule has 0 aliphatic carbocycles. The number of thioether (sulfide) groups is 1. The molecule has 2 aromatic carbocycles. The lowest BCUT2D eigenvalue weighted by molar-refractivity contribution is -0.116. The molecule has 1 atom stereocenters. The molecule has 0 fully saturated rings. The van der Waals surface area contributed by atoms with Gasteiger partial charge in [0.2, 0.25) is 5.91 Å². The van der Waals surface area contributed by atoms with Crippen molar-refractivity contribution in [3.63, 3.8) is 0 Å². The molecule has 0 saturated carbocycles. The number of carbonyl (C=O) groups excluding carboxylic acids is 1. The Kier molecular flexibility index (Phi) is 7.03. The van der Waals surface area contributed by atoms with Crippen LogP contribution in [0.1, 0.15) is 47.9 Å². The molecule has 7 nitrogen and oxygen atoms in total. The van der Waals surface area contributed by atoms with E-state index in [9.17, 15) is 9.59 Å². The lowest BCUT2D eigenvalue weighted by Crippen LogP contribution is -2.31. The number of anilines is 1. The fourth-order valence-corrected chi connectivity index (χ4v) is 4.87. The van der Waals surface area contributed by atoms with E-state index in [0.29, 0.717) is 40.4 Å². The van der Waals surface area contributed by atoms with Gasteiger partial charge in [-0.05, 0) is 30.5 Å². The van der Waals surface area contributed by atoms with Crippen LogP contribution in [0.15, 0.2) is 52.4 Å². The van der Waals surface area contributed by atoms with Crippen molar-refractivity contribution >= 4 is 23.5 Å². The maximum atomic E-state index is 13.2. The van der Waals surface area contributed by atoms with Gasteiger partial charge >= 0.3 is 0 Å². The number of fused-ring (bicyclic) bond motifs is 1. The average Bonchev–Trinajstić information content (AvgIpc) is 2.81. The summed E-state index contributed by atoms with van der Waals surface area (Å²) in [5.41, 5.74) is 3.26. The smallest absolute Gasteiger partial charge is 0.257 e. The van der Waals surface area contributed by atoms with E-state index >= 15 is 0 Å². The zero-order chi connectivity index (χ0) is 23.4. The fraction of sp³-hybridized carbons (Fsp3) is 0.320. The lowest BCUT2D eigenvalue weighted by Gasteiger charge is -2.26. The van der Waals surface area contributed by atoms with Gasteiger partial charge < -0.3 is 19.8 Å². The molecule has 4 rings (SSSR count). The number of aryl methyl sites for hydroxylation is 1. The molecule has 33 heavy (non-hydrogen) atoms. The molecule has 2 heterocycles. The molecule has 0 radical (unpaired) electrons. The highest BCUT2D eigenvalue weighted by Gasteiger charge is 2.33. The summed E-state index contributed by atoms with van der Waals surface area (Å²) in [6.07, 6.45) is 0.950. The van der Waals surface area contributed by atoms with Crippen LogP contribution in [-0.4, -0.2) is 29.6 Å². The van der Waals surface area contributed by atoms with Gasteiger partial charge in [0.1, 0.15) is 5.82 Å². The Morgan fingerprint density at radius 2 is 1.97 bits per heavy atom. The molecule has 0 bridgehead atoms. The zero-order valence-corrected chi connectivity index (χ0v) is 19.8. The second-order valence-corrected chi connectivity index (χ2v) is 8.84. The van der Waals surface area contributed by atoms with Gasteiger partial charge in [-0.25, -0.2) is 4.98 Å². The van der Waals surface area contributed by atoms with Crippen LogP contribution < -0.4 is 20.3 Å². The molecule has 3 aromatic rings. The number of amides is 1. The van der Waals surface area contributed by atoms with E-state index in [-0.39, 0.29) is 17.9 Å². The minimum Gasteiger partial charge on any atom is -0.493 e. The minimum absolute atomic E-state index is 0.128. The summed E-state index contributed by atoms with van der Waals surface area (Å²) in [4.78, 5) is 33.3. The number of hydrogen-bond donors (Lipinski definition) is 2. The molecule has 0 spiro atoms.